The molecule has 1 amide bonds. The van der Waals surface area contributed by atoms with Crippen LogP contribution >= 0.6 is 11.6 Å². The first-order chi connectivity index (χ1) is 14.8. The van der Waals surface area contributed by atoms with Gasteiger partial charge in [-0.2, -0.15) is 0 Å². The number of benzene rings is 3. The number of aryl methyl sites for hydroxylation is 1. The van der Waals surface area contributed by atoms with Crippen molar-refractivity contribution in [2.75, 3.05) is 16.6 Å². The molecule has 0 aliphatic carbocycles. The van der Waals surface area contributed by atoms with Crippen molar-refractivity contribution in [3.8, 4) is 5.75 Å². The first kappa shape index (κ1) is 22.7. The number of ether oxygens (including phenoxy) is 1. The average Bonchev–Trinajstić information content (AvgIpc) is 2.74. The van der Waals surface area contributed by atoms with Crippen molar-refractivity contribution < 1.29 is 17.9 Å². The van der Waals surface area contributed by atoms with E-state index in [2.05, 4.69) is 10.0 Å². The van der Waals surface area contributed by atoms with Gasteiger partial charge in [0.2, 0.25) is 5.91 Å². The number of rotatable bonds is 9. The summed E-state index contributed by atoms with van der Waals surface area (Å²) in [5.41, 5.74) is 1.88. The van der Waals surface area contributed by atoms with E-state index in [0.29, 0.717) is 35.2 Å². The van der Waals surface area contributed by atoms with Crippen molar-refractivity contribution in [2.24, 2.45) is 0 Å². The molecule has 0 aromatic heterocycles. The number of carbonyl (C=O) groups excluding carboxylic acids is 1. The van der Waals surface area contributed by atoms with Crippen LogP contribution in [-0.2, 0) is 14.8 Å². The number of halogens is 1. The Labute approximate surface area is 187 Å². The van der Waals surface area contributed by atoms with Gasteiger partial charge >= 0.3 is 0 Å². The van der Waals surface area contributed by atoms with Gasteiger partial charge in [0.15, 0.2) is 0 Å². The van der Waals surface area contributed by atoms with E-state index in [-0.39, 0.29) is 17.2 Å². The van der Waals surface area contributed by atoms with Gasteiger partial charge in [-0.05, 0) is 73.5 Å². The van der Waals surface area contributed by atoms with Crippen LogP contribution in [0.1, 0.15) is 18.4 Å². The number of hydrogen-bond acceptors (Lipinski definition) is 4. The van der Waals surface area contributed by atoms with Gasteiger partial charge in [0.25, 0.3) is 10.0 Å². The minimum absolute atomic E-state index is 0.116. The highest BCUT2D eigenvalue weighted by Gasteiger charge is 2.15. The molecule has 0 radical (unpaired) electrons. The highest BCUT2D eigenvalue weighted by atomic mass is 35.5. The van der Waals surface area contributed by atoms with Gasteiger partial charge in [-0.3, -0.25) is 9.52 Å². The quantitative estimate of drug-likeness (QED) is 0.429. The topological polar surface area (TPSA) is 84.5 Å². The van der Waals surface area contributed by atoms with E-state index < -0.39 is 10.0 Å². The van der Waals surface area contributed by atoms with E-state index in [1.807, 2.05) is 19.1 Å². The minimum Gasteiger partial charge on any atom is -0.494 e. The lowest BCUT2D eigenvalue weighted by Gasteiger charge is -2.11. The van der Waals surface area contributed by atoms with Crippen LogP contribution in [0.5, 0.6) is 5.75 Å². The van der Waals surface area contributed by atoms with Gasteiger partial charge in [0.05, 0.1) is 17.2 Å². The molecule has 2 N–H and O–H groups in total. The van der Waals surface area contributed by atoms with Crippen LogP contribution in [0.4, 0.5) is 11.4 Å². The smallest absolute Gasteiger partial charge is 0.261 e. The number of sulfonamides is 1. The molecule has 3 aromatic rings. The number of carbonyl (C=O) groups is 1. The van der Waals surface area contributed by atoms with Crippen LogP contribution in [0.15, 0.2) is 77.7 Å². The molecule has 0 bridgehead atoms. The van der Waals surface area contributed by atoms with E-state index >= 15 is 0 Å². The third kappa shape index (κ3) is 6.73. The molecule has 8 heteroatoms. The zero-order chi connectivity index (χ0) is 22.3. The van der Waals surface area contributed by atoms with Crippen LogP contribution in [0.2, 0.25) is 5.02 Å². The second-order valence-corrected chi connectivity index (χ2v) is 9.02. The number of nitrogens with one attached hydrogen (secondary N) is 2. The first-order valence-electron chi connectivity index (χ1n) is 9.70. The zero-order valence-electron chi connectivity index (χ0n) is 17.0. The lowest BCUT2D eigenvalue weighted by Crippen LogP contribution is -2.15. The Balaban J connectivity index is 1.48. The molecule has 31 heavy (non-hydrogen) atoms. The predicted molar refractivity (Wildman–Crippen MR) is 123 cm³/mol. The summed E-state index contributed by atoms with van der Waals surface area (Å²) in [7, 11) is -3.72. The summed E-state index contributed by atoms with van der Waals surface area (Å²) in [5, 5.41) is 3.39. The van der Waals surface area contributed by atoms with E-state index in [1.54, 1.807) is 48.5 Å². The zero-order valence-corrected chi connectivity index (χ0v) is 18.5. The molecular weight excluding hydrogens is 436 g/mol. The Kier molecular flexibility index (Phi) is 7.55. The van der Waals surface area contributed by atoms with Gasteiger partial charge in [-0.1, -0.05) is 29.8 Å². The van der Waals surface area contributed by atoms with E-state index in [9.17, 15) is 13.2 Å². The number of para-hydroxylation sites is 1. The average molecular weight is 459 g/mol. The Morgan fingerprint density at radius 3 is 2.32 bits per heavy atom. The fourth-order valence-corrected chi connectivity index (χ4v) is 4.04. The number of anilines is 2. The van der Waals surface area contributed by atoms with Crippen LogP contribution in [0.3, 0.4) is 0 Å². The summed E-state index contributed by atoms with van der Waals surface area (Å²) in [6, 6.07) is 20.2. The van der Waals surface area contributed by atoms with Crippen molar-refractivity contribution in [3.05, 3.63) is 83.4 Å². The van der Waals surface area contributed by atoms with Crippen LogP contribution in [0, 0.1) is 6.92 Å². The lowest BCUT2D eigenvalue weighted by molar-refractivity contribution is -0.116. The third-order valence-corrected chi connectivity index (χ3v) is 6.10. The standard InChI is InChI=1S/C23H23ClN2O4S/c1-17-5-2-3-6-22(17)26-31(28,29)21-14-10-19(11-15-21)25-23(27)7-4-16-30-20-12-8-18(24)9-13-20/h2-3,5-6,8-15,26H,4,7,16H2,1H3,(H,25,27). The monoisotopic (exact) mass is 458 g/mol. The molecule has 0 saturated heterocycles. The van der Waals surface area contributed by atoms with Gasteiger partial charge in [-0.25, -0.2) is 8.42 Å². The lowest BCUT2D eigenvalue weighted by atomic mass is 10.2. The van der Waals surface area contributed by atoms with Gasteiger partial charge in [0.1, 0.15) is 5.75 Å². The van der Waals surface area contributed by atoms with Crippen LogP contribution in [0.25, 0.3) is 0 Å². The van der Waals surface area contributed by atoms with Crippen LogP contribution in [-0.4, -0.2) is 20.9 Å². The second-order valence-electron chi connectivity index (χ2n) is 6.90. The summed E-state index contributed by atoms with van der Waals surface area (Å²) in [6.45, 7) is 2.23. The molecule has 0 aliphatic rings. The molecule has 162 valence electrons. The van der Waals surface area contributed by atoms with Gasteiger partial charge in [0, 0.05) is 17.1 Å². The summed E-state index contributed by atoms with van der Waals surface area (Å²) in [5.74, 6) is 0.522. The molecule has 0 saturated carbocycles. The molecule has 3 aromatic carbocycles. The Morgan fingerprint density at radius 2 is 1.65 bits per heavy atom. The van der Waals surface area contributed by atoms with E-state index in [4.69, 9.17) is 16.3 Å². The number of hydrogen-bond donors (Lipinski definition) is 2. The third-order valence-electron chi connectivity index (χ3n) is 4.47. The van der Waals surface area contributed by atoms with Crippen molar-refractivity contribution in [1.82, 2.24) is 0 Å². The molecule has 0 heterocycles. The summed E-state index contributed by atoms with van der Waals surface area (Å²) in [6.07, 6.45) is 0.823. The molecule has 0 unspecified atom stereocenters. The Bertz CT molecular complexity index is 1130. The highest BCUT2D eigenvalue weighted by molar-refractivity contribution is 7.92. The van der Waals surface area contributed by atoms with Crippen molar-refractivity contribution >= 4 is 38.9 Å². The summed E-state index contributed by atoms with van der Waals surface area (Å²) >= 11 is 5.82. The maximum absolute atomic E-state index is 12.6. The molecule has 0 atom stereocenters. The molecule has 0 spiro atoms. The summed E-state index contributed by atoms with van der Waals surface area (Å²) < 4.78 is 33.3. The Morgan fingerprint density at radius 1 is 0.968 bits per heavy atom. The summed E-state index contributed by atoms with van der Waals surface area (Å²) in [4.78, 5) is 12.2. The van der Waals surface area contributed by atoms with E-state index in [0.717, 1.165) is 5.56 Å². The second kappa shape index (κ2) is 10.3. The highest BCUT2D eigenvalue weighted by Crippen LogP contribution is 2.21. The molecule has 0 fully saturated rings. The maximum Gasteiger partial charge on any atom is 0.261 e. The molecule has 6 nitrogen and oxygen atoms in total. The van der Waals surface area contributed by atoms with Gasteiger partial charge in [-0.15, -0.1) is 0 Å². The van der Waals surface area contributed by atoms with Crippen molar-refractivity contribution in [2.45, 2.75) is 24.7 Å². The Hall–Kier alpha value is -3.03. The fraction of sp³-hybridized carbons (Fsp3) is 0.174. The normalized spacial score (nSPS) is 11.0. The maximum atomic E-state index is 12.6. The fourth-order valence-electron chi connectivity index (χ4n) is 2.79. The van der Waals surface area contributed by atoms with E-state index in [1.165, 1.54) is 12.1 Å². The molecular formula is C23H23ClN2O4S. The van der Waals surface area contributed by atoms with Crippen molar-refractivity contribution in [1.29, 1.82) is 0 Å². The molecule has 3 rings (SSSR count). The first-order valence-corrected chi connectivity index (χ1v) is 11.6. The predicted octanol–water partition coefficient (Wildman–Crippen LogP) is 5.25. The minimum atomic E-state index is -3.72. The SMILES string of the molecule is Cc1ccccc1NS(=O)(=O)c1ccc(NC(=O)CCCOc2ccc(Cl)cc2)cc1. The largest absolute Gasteiger partial charge is 0.494 e. The van der Waals surface area contributed by atoms with Crippen LogP contribution < -0.4 is 14.8 Å². The van der Waals surface area contributed by atoms with Gasteiger partial charge < -0.3 is 10.1 Å². The molecule has 0 aliphatic heterocycles. The van der Waals surface area contributed by atoms with Crippen molar-refractivity contribution in [3.63, 3.8) is 0 Å². The number of amides is 1.